The molecular formula is C19H16ClFN2O3S. The van der Waals surface area contributed by atoms with E-state index >= 15 is 0 Å². The molecule has 2 aromatic carbocycles. The second-order valence-corrected chi connectivity index (χ2v) is 9.34. The van der Waals surface area contributed by atoms with Gasteiger partial charge in [0.25, 0.3) is 0 Å². The molecule has 0 radical (unpaired) electrons. The van der Waals surface area contributed by atoms with Crippen molar-refractivity contribution < 1.29 is 17.6 Å². The van der Waals surface area contributed by atoms with Gasteiger partial charge in [0.1, 0.15) is 21.3 Å². The molecule has 0 saturated carbocycles. The molecule has 5 nitrogen and oxygen atoms in total. The zero-order valence-corrected chi connectivity index (χ0v) is 16.1. The Hall–Kier alpha value is -2.51. The van der Waals surface area contributed by atoms with E-state index in [0.717, 1.165) is 17.5 Å². The van der Waals surface area contributed by atoms with Gasteiger partial charge < -0.3 is 5.32 Å². The molecule has 1 heterocycles. The first-order valence-electron chi connectivity index (χ1n) is 8.00. The van der Waals surface area contributed by atoms with Crippen LogP contribution in [0.2, 0.25) is 5.02 Å². The van der Waals surface area contributed by atoms with Crippen LogP contribution in [0.4, 0.5) is 10.2 Å². The van der Waals surface area contributed by atoms with E-state index in [0.29, 0.717) is 5.52 Å². The van der Waals surface area contributed by atoms with Gasteiger partial charge in [0.15, 0.2) is 9.84 Å². The van der Waals surface area contributed by atoms with Crippen molar-refractivity contribution in [3.63, 3.8) is 0 Å². The third-order valence-corrected chi connectivity index (χ3v) is 6.92. The van der Waals surface area contributed by atoms with Gasteiger partial charge in [0, 0.05) is 10.4 Å². The highest BCUT2D eigenvalue weighted by Gasteiger charge is 2.44. The van der Waals surface area contributed by atoms with Crippen molar-refractivity contribution in [2.75, 3.05) is 5.32 Å². The summed E-state index contributed by atoms with van der Waals surface area (Å²) in [6.07, 6.45) is 0. The molecule has 3 rings (SSSR count). The topological polar surface area (TPSA) is 76.1 Å². The largest absolute Gasteiger partial charge is 0.309 e. The second-order valence-electron chi connectivity index (χ2n) is 6.43. The summed E-state index contributed by atoms with van der Waals surface area (Å²) in [6, 6.07) is 13.9. The van der Waals surface area contributed by atoms with Crippen LogP contribution >= 0.6 is 11.6 Å². The Morgan fingerprint density at radius 1 is 1.11 bits per heavy atom. The van der Waals surface area contributed by atoms with Gasteiger partial charge in [-0.3, -0.25) is 4.79 Å². The lowest BCUT2D eigenvalue weighted by atomic mass is 10.2. The quantitative estimate of drug-likeness (QED) is 0.703. The van der Waals surface area contributed by atoms with Gasteiger partial charge in [-0.2, -0.15) is 0 Å². The molecule has 27 heavy (non-hydrogen) atoms. The van der Waals surface area contributed by atoms with Crippen molar-refractivity contribution in [1.82, 2.24) is 4.98 Å². The molecule has 0 aliphatic carbocycles. The SMILES string of the molecule is CC(C)(C(=O)Nc1ccc2ccccc2n1)S(=O)(=O)c1ccc(Cl)cc1F. The number of benzene rings is 2. The van der Waals surface area contributed by atoms with Crippen LogP contribution in [0.15, 0.2) is 59.5 Å². The van der Waals surface area contributed by atoms with E-state index in [4.69, 9.17) is 11.6 Å². The van der Waals surface area contributed by atoms with E-state index in [1.54, 1.807) is 24.3 Å². The zero-order valence-electron chi connectivity index (χ0n) is 14.5. The molecule has 140 valence electrons. The number of halogens is 2. The smallest absolute Gasteiger partial charge is 0.246 e. The first-order valence-corrected chi connectivity index (χ1v) is 9.86. The number of aromatic nitrogens is 1. The first kappa shape index (κ1) is 19.3. The number of nitrogens with one attached hydrogen (secondary N) is 1. The summed E-state index contributed by atoms with van der Waals surface area (Å²) in [7, 11) is -4.32. The van der Waals surface area contributed by atoms with Crippen molar-refractivity contribution >= 4 is 44.1 Å². The molecule has 0 fully saturated rings. The highest BCUT2D eigenvalue weighted by molar-refractivity contribution is 7.93. The standard InChI is InChI=1S/C19H16ClFN2O3S/c1-19(2,27(25,26)16-9-8-13(20)11-14(16)21)18(24)23-17-10-7-12-5-3-4-6-15(12)22-17/h3-11H,1-2H3,(H,22,23,24). The lowest BCUT2D eigenvalue weighted by Crippen LogP contribution is -2.44. The lowest BCUT2D eigenvalue weighted by Gasteiger charge is -2.24. The van der Waals surface area contributed by atoms with Gasteiger partial charge in [-0.05, 0) is 50.2 Å². The van der Waals surface area contributed by atoms with E-state index < -0.39 is 31.2 Å². The maximum Gasteiger partial charge on any atom is 0.246 e. The molecule has 0 saturated heterocycles. The third-order valence-electron chi connectivity index (χ3n) is 4.24. The normalized spacial score (nSPS) is 12.1. The molecule has 0 aliphatic heterocycles. The summed E-state index contributed by atoms with van der Waals surface area (Å²) in [5.41, 5.74) is 0.653. The third kappa shape index (κ3) is 3.52. The number of carbonyl (C=O) groups excluding carboxylic acids is 1. The summed E-state index contributed by atoms with van der Waals surface area (Å²) in [5, 5.41) is 3.45. The summed E-state index contributed by atoms with van der Waals surface area (Å²) in [6.45, 7) is 2.43. The fraction of sp³-hybridized carbons (Fsp3) is 0.158. The van der Waals surface area contributed by atoms with Crippen LogP contribution in [0.1, 0.15) is 13.8 Å². The summed E-state index contributed by atoms with van der Waals surface area (Å²) in [4.78, 5) is 16.4. The van der Waals surface area contributed by atoms with Crippen molar-refractivity contribution in [1.29, 1.82) is 0 Å². The van der Waals surface area contributed by atoms with E-state index in [2.05, 4.69) is 10.3 Å². The minimum Gasteiger partial charge on any atom is -0.309 e. The van der Waals surface area contributed by atoms with Crippen LogP contribution in [0.3, 0.4) is 0 Å². The molecule has 0 bridgehead atoms. The van der Waals surface area contributed by atoms with Crippen LogP contribution < -0.4 is 5.32 Å². The van der Waals surface area contributed by atoms with Crippen LogP contribution in [-0.2, 0) is 14.6 Å². The monoisotopic (exact) mass is 406 g/mol. The molecule has 8 heteroatoms. The summed E-state index contributed by atoms with van der Waals surface area (Å²) < 4.78 is 37.9. The van der Waals surface area contributed by atoms with Gasteiger partial charge in [-0.1, -0.05) is 29.8 Å². The number of sulfone groups is 1. The number of anilines is 1. The number of hydrogen-bond donors (Lipinski definition) is 1. The number of rotatable bonds is 4. The Kier molecular flexibility index (Phi) is 4.92. The van der Waals surface area contributed by atoms with E-state index in [-0.39, 0.29) is 10.8 Å². The molecule has 0 unspecified atom stereocenters. The predicted octanol–water partition coefficient (Wildman–Crippen LogP) is 4.22. The maximum absolute atomic E-state index is 14.1. The average molecular weight is 407 g/mol. The Morgan fingerprint density at radius 2 is 1.81 bits per heavy atom. The number of hydrogen-bond acceptors (Lipinski definition) is 4. The van der Waals surface area contributed by atoms with Crippen molar-refractivity contribution in [3.8, 4) is 0 Å². The maximum atomic E-state index is 14.1. The second kappa shape index (κ2) is 6.90. The van der Waals surface area contributed by atoms with Gasteiger partial charge in [-0.25, -0.2) is 17.8 Å². The molecule has 3 aromatic rings. The molecule has 1 amide bonds. The van der Waals surface area contributed by atoms with Crippen molar-refractivity contribution in [3.05, 3.63) is 65.4 Å². The summed E-state index contributed by atoms with van der Waals surface area (Å²) in [5.74, 6) is -1.62. The van der Waals surface area contributed by atoms with Crippen LogP contribution in [0.5, 0.6) is 0 Å². The molecule has 1 aromatic heterocycles. The van der Waals surface area contributed by atoms with E-state index in [9.17, 15) is 17.6 Å². The van der Waals surface area contributed by atoms with Crippen molar-refractivity contribution in [2.24, 2.45) is 0 Å². The number of pyridine rings is 1. The molecule has 0 aliphatic rings. The fourth-order valence-corrected chi connectivity index (χ4v) is 4.06. The fourth-order valence-electron chi connectivity index (χ4n) is 2.49. The minimum atomic E-state index is -4.32. The zero-order chi connectivity index (χ0) is 19.8. The number of para-hydroxylation sites is 1. The molecular weight excluding hydrogens is 391 g/mol. The Morgan fingerprint density at radius 3 is 2.52 bits per heavy atom. The van der Waals surface area contributed by atoms with Crippen LogP contribution in [0.25, 0.3) is 10.9 Å². The van der Waals surface area contributed by atoms with Gasteiger partial charge in [-0.15, -0.1) is 0 Å². The van der Waals surface area contributed by atoms with Gasteiger partial charge in [0.05, 0.1) is 5.52 Å². The predicted molar refractivity (Wildman–Crippen MR) is 103 cm³/mol. The first-order chi connectivity index (χ1) is 12.6. The number of nitrogens with zero attached hydrogens (tertiary/aromatic N) is 1. The number of carbonyl (C=O) groups is 1. The number of amides is 1. The molecule has 1 N–H and O–H groups in total. The van der Waals surface area contributed by atoms with E-state index in [1.807, 2.05) is 12.1 Å². The Balaban J connectivity index is 1.93. The van der Waals surface area contributed by atoms with Crippen molar-refractivity contribution in [2.45, 2.75) is 23.5 Å². The number of fused-ring (bicyclic) bond motifs is 1. The van der Waals surface area contributed by atoms with Crippen LogP contribution in [-0.4, -0.2) is 24.1 Å². The van der Waals surface area contributed by atoms with Gasteiger partial charge >= 0.3 is 0 Å². The average Bonchev–Trinajstić information content (AvgIpc) is 2.61. The van der Waals surface area contributed by atoms with E-state index in [1.165, 1.54) is 19.9 Å². The van der Waals surface area contributed by atoms with Gasteiger partial charge in [0.2, 0.25) is 5.91 Å². The highest BCUT2D eigenvalue weighted by atomic mass is 35.5. The Bertz CT molecular complexity index is 1150. The highest BCUT2D eigenvalue weighted by Crippen LogP contribution is 2.30. The molecule has 0 atom stereocenters. The lowest BCUT2D eigenvalue weighted by molar-refractivity contribution is -0.117. The molecule has 0 spiro atoms. The minimum absolute atomic E-state index is 0.0640. The summed E-state index contributed by atoms with van der Waals surface area (Å²) >= 11 is 5.68. The van der Waals surface area contributed by atoms with Crippen LogP contribution in [0, 0.1) is 5.82 Å². The Labute approximate surface area is 161 Å².